The predicted molar refractivity (Wildman–Crippen MR) is 80.8 cm³/mol. The van der Waals surface area contributed by atoms with Crippen molar-refractivity contribution in [3.63, 3.8) is 0 Å². The molecule has 106 valence electrons. The highest BCUT2D eigenvalue weighted by atomic mass is 16.5. The van der Waals surface area contributed by atoms with Gasteiger partial charge in [-0.05, 0) is 49.9 Å². The highest BCUT2D eigenvalue weighted by molar-refractivity contribution is 5.45. The topological polar surface area (TPSA) is 21.3 Å². The van der Waals surface area contributed by atoms with Crippen LogP contribution in [0, 0.1) is 19.8 Å². The molecule has 1 aliphatic carbocycles. The molecule has 19 heavy (non-hydrogen) atoms. The smallest absolute Gasteiger partial charge is 0.124 e. The summed E-state index contributed by atoms with van der Waals surface area (Å²) in [4.78, 5) is 0. The molecule has 1 N–H and O–H groups in total. The Kier molecular flexibility index (Phi) is 4.87. The monoisotopic (exact) mass is 261 g/mol. The van der Waals surface area contributed by atoms with E-state index in [0.29, 0.717) is 6.04 Å². The summed E-state index contributed by atoms with van der Waals surface area (Å²) in [6, 6.07) is 4.86. The molecule has 2 heteroatoms. The van der Waals surface area contributed by atoms with Gasteiger partial charge in [-0.25, -0.2) is 0 Å². The molecule has 1 aliphatic rings. The normalized spacial score (nSPS) is 17.1. The van der Waals surface area contributed by atoms with Crippen LogP contribution in [0.25, 0.3) is 0 Å². The van der Waals surface area contributed by atoms with Crippen molar-refractivity contribution in [2.75, 3.05) is 13.7 Å². The van der Waals surface area contributed by atoms with Gasteiger partial charge in [-0.1, -0.05) is 32.3 Å². The van der Waals surface area contributed by atoms with Crippen molar-refractivity contribution in [3.8, 4) is 5.75 Å². The zero-order valence-electron chi connectivity index (χ0n) is 12.8. The van der Waals surface area contributed by atoms with Gasteiger partial charge in [-0.3, -0.25) is 0 Å². The first-order chi connectivity index (χ1) is 9.15. The van der Waals surface area contributed by atoms with E-state index in [1.807, 2.05) is 0 Å². The summed E-state index contributed by atoms with van der Waals surface area (Å²) in [7, 11) is 1.78. The van der Waals surface area contributed by atoms with Gasteiger partial charge in [0.15, 0.2) is 0 Å². The summed E-state index contributed by atoms with van der Waals surface area (Å²) in [5.41, 5.74) is 3.99. The molecule has 1 saturated carbocycles. The Hall–Kier alpha value is -1.02. The van der Waals surface area contributed by atoms with E-state index in [0.717, 1.165) is 18.2 Å². The predicted octanol–water partition coefficient (Wildman–Crippen LogP) is 4.15. The van der Waals surface area contributed by atoms with Crippen LogP contribution in [-0.2, 0) is 0 Å². The van der Waals surface area contributed by atoms with Crippen molar-refractivity contribution in [1.29, 1.82) is 0 Å². The second-order valence-electron chi connectivity index (χ2n) is 5.84. The first-order valence-electron chi connectivity index (χ1n) is 7.54. The van der Waals surface area contributed by atoms with E-state index in [9.17, 15) is 0 Å². The number of ether oxygens (including phenoxy) is 1. The number of rotatable bonds is 6. The first kappa shape index (κ1) is 14.4. The van der Waals surface area contributed by atoms with Gasteiger partial charge in [-0.15, -0.1) is 0 Å². The average molecular weight is 261 g/mol. The molecule has 2 nitrogen and oxygen atoms in total. The second kappa shape index (κ2) is 6.42. The number of benzene rings is 1. The van der Waals surface area contributed by atoms with Crippen LogP contribution in [0.15, 0.2) is 12.1 Å². The van der Waals surface area contributed by atoms with Gasteiger partial charge in [0.1, 0.15) is 5.75 Å². The van der Waals surface area contributed by atoms with Gasteiger partial charge < -0.3 is 10.1 Å². The van der Waals surface area contributed by atoms with Crippen molar-refractivity contribution >= 4 is 0 Å². The molecule has 0 saturated heterocycles. The van der Waals surface area contributed by atoms with E-state index < -0.39 is 0 Å². The first-order valence-corrected chi connectivity index (χ1v) is 7.54. The Morgan fingerprint density at radius 2 is 2.05 bits per heavy atom. The largest absolute Gasteiger partial charge is 0.496 e. The van der Waals surface area contributed by atoms with Crippen molar-refractivity contribution in [3.05, 3.63) is 28.8 Å². The summed E-state index contributed by atoms with van der Waals surface area (Å²) < 4.78 is 5.63. The third kappa shape index (κ3) is 3.30. The average Bonchev–Trinajstić information content (AvgIpc) is 2.31. The molecule has 0 bridgehead atoms. The number of hydrogen-bond donors (Lipinski definition) is 1. The van der Waals surface area contributed by atoms with Crippen molar-refractivity contribution in [1.82, 2.24) is 5.32 Å². The summed E-state index contributed by atoms with van der Waals surface area (Å²) in [6.45, 7) is 7.53. The standard InChI is InChI=1S/C17H27NO/c1-5-18-15(11-14-7-6-8-14)17-13(3)9-12(2)10-16(17)19-4/h9-10,14-15,18H,5-8,11H2,1-4H3. The van der Waals surface area contributed by atoms with E-state index >= 15 is 0 Å². The molecule has 0 aliphatic heterocycles. The second-order valence-corrected chi connectivity index (χ2v) is 5.84. The van der Waals surface area contributed by atoms with Crippen LogP contribution in [0.5, 0.6) is 5.75 Å². The van der Waals surface area contributed by atoms with Crippen LogP contribution < -0.4 is 10.1 Å². The minimum Gasteiger partial charge on any atom is -0.496 e. The Bertz CT molecular complexity index is 424. The van der Waals surface area contributed by atoms with Crippen LogP contribution >= 0.6 is 0 Å². The number of hydrogen-bond acceptors (Lipinski definition) is 2. The maximum Gasteiger partial charge on any atom is 0.124 e. The van der Waals surface area contributed by atoms with Gasteiger partial charge in [0.2, 0.25) is 0 Å². The number of methoxy groups -OCH3 is 1. The van der Waals surface area contributed by atoms with Gasteiger partial charge in [0.05, 0.1) is 7.11 Å². The van der Waals surface area contributed by atoms with Crippen molar-refractivity contribution in [2.24, 2.45) is 5.92 Å². The molecule has 0 heterocycles. The van der Waals surface area contributed by atoms with Gasteiger partial charge >= 0.3 is 0 Å². The minimum atomic E-state index is 0.436. The minimum absolute atomic E-state index is 0.436. The molecule has 0 spiro atoms. The highest BCUT2D eigenvalue weighted by Gasteiger charge is 2.25. The van der Waals surface area contributed by atoms with Gasteiger partial charge in [0, 0.05) is 11.6 Å². The summed E-state index contributed by atoms with van der Waals surface area (Å²) >= 11 is 0. The van der Waals surface area contributed by atoms with Crippen LogP contribution in [0.3, 0.4) is 0 Å². The van der Waals surface area contributed by atoms with Crippen LogP contribution in [0.2, 0.25) is 0 Å². The molecule has 1 aromatic rings. The van der Waals surface area contributed by atoms with E-state index in [1.165, 1.54) is 42.4 Å². The van der Waals surface area contributed by atoms with E-state index in [1.54, 1.807) is 7.11 Å². The lowest BCUT2D eigenvalue weighted by molar-refractivity contribution is 0.259. The zero-order chi connectivity index (χ0) is 13.8. The summed E-state index contributed by atoms with van der Waals surface area (Å²) in [6.07, 6.45) is 5.45. The van der Waals surface area contributed by atoms with E-state index in [2.05, 4.69) is 38.2 Å². The molecular weight excluding hydrogens is 234 g/mol. The third-order valence-corrected chi connectivity index (χ3v) is 4.31. The molecule has 0 amide bonds. The highest BCUT2D eigenvalue weighted by Crippen LogP contribution is 2.38. The molecule has 1 fully saturated rings. The summed E-state index contributed by atoms with van der Waals surface area (Å²) in [5, 5.41) is 3.65. The van der Waals surface area contributed by atoms with Crippen LogP contribution in [0.4, 0.5) is 0 Å². The Labute approximate surface area is 117 Å². The summed E-state index contributed by atoms with van der Waals surface area (Å²) in [5.74, 6) is 1.94. The van der Waals surface area contributed by atoms with Crippen molar-refractivity contribution < 1.29 is 4.74 Å². The van der Waals surface area contributed by atoms with Gasteiger partial charge in [-0.2, -0.15) is 0 Å². The van der Waals surface area contributed by atoms with Gasteiger partial charge in [0.25, 0.3) is 0 Å². The SMILES string of the molecule is CCNC(CC1CCC1)c1c(C)cc(C)cc1OC. The van der Waals surface area contributed by atoms with Crippen molar-refractivity contribution in [2.45, 2.75) is 52.5 Å². The third-order valence-electron chi connectivity index (χ3n) is 4.31. The fourth-order valence-corrected chi connectivity index (χ4v) is 3.17. The Morgan fingerprint density at radius 1 is 1.32 bits per heavy atom. The van der Waals surface area contributed by atoms with Crippen LogP contribution in [-0.4, -0.2) is 13.7 Å². The van der Waals surface area contributed by atoms with E-state index in [-0.39, 0.29) is 0 Å². The lowest BCUT2D eigenvalue weighted by Gasteiger charge is -2.31. The molecule has 1 aromatic carbocycles. The fraction of sp³-hybridized carbons (Fsp3) is 0.647. The maximum atomic E-state index is 5.63. The lowest BCUT2D eigenvalue weighted by atomic mass is 9.79. The molecule has 1 atom stereocenters. The molecular formula is C17H27NO. The molecule has 0 aromatic heterocycles. The Balaban J connectivity index is 2.28. The number of nitrogens with one attached hydrogen (secondary N) is 1. The quantitative estimate of drug-likeness (QED) is 0.830. The maximum absolute atomic E-state index is 5.63. The van der Waals surface area contributed by atoms with E-state index in [4.69, 9.17) is 4.74 Å². The zero-order valence-corrected chi connectivity index (χ0v) is 12.8. The molecule has 0 radical (unpaired) electrons. The molecule has 2 rings (SSSR count). The molecule has 1 unspecified atom stereocenters. The number of aryl methyl sites for hydroxylation is 2. The lowest BCUT2D eigenvalue weighted by Crippen LogP contribution is -2.27. The fourth-order valence-electron chi connectivity index (χ4n) is 3.17. The Morgan fingerprint density at radius 3 is 2.58 bits per heavy atom. The van der Waals surface area contributed by atoms with Crippen LogP contribution in [0.1, 0.15) is 55.3 Å².